The number of sulfonamides is 1. The maximum Gasteiger partial charge on any atom is 0.254 e. The highest BCUT2D eigenvalue weighted by Crippen LogP contribution is 2.40. The molecule has 11 nitrogen and oxygen atoms in total. The summed E-state index contributed by atoms with van der Waals surface area (Å²) in [5.41, 5.74) is 10.9. The Bertz CT molecular complexity index is 1950. The Hall–Kier alpha value is -3.64. The standard InChI is InChI=1S/C33H41N7O4S/c1-4-23-6-5-13-45(42,43)40(23)28-12-9-21-14-27(37(32(21)36-28)18-20-7-8-20)31-19(2)38-29(35-31)15-22(16-30(38)44-3)33(41)39-24-10-11-26(39)25(34)17-24/h9,12,14-16,20,23-26H,4-8,10-11,13,17-18,34H2,1-3H3/t23-,24-,25+,26+/m0/s1. The molecule has 2 bridgehead atoms. The van der Waals surface area contributed by atoms with Gasteiger partial charge in [-0.25, -0.2) is 18.4 Å². The average molecular weight is 632 g/mol. The van der Waals surface area contributed by atoms with Crippen molar-refractivity contribution >= 4 is 38.4 Å². The maximum atomic E-state index is 13.8. The highest BCUT2D eigenvalue weighted by molar-refractivity contribution is 7.92. The Labute approximate surface area is 263 Å². The zero-order valence-electron chi connectivity index (χ0n) is 26.1. The minimum atomic E-state index is -3.44. The van der Waals surface area contributed by atoms with E-state index in [2.05, 4.69) is 10.6 Å². The molecular formula is C33H41N7O4S. The van der Waals surface area contributed by atoms with E-state index in [4.69, 9.17) is 20.4 Å². The Morgan fingerprint density at radius 2 is 1.91 bits per heavy atom. The monoisotopic (exact) mass is 631 g/mol. The number of carbonyl (C=O) groups is 1. The second-order valence-electron chi connectivity index (χ2n) is 13.4. The molecule has 3 saturated heterocycles. The van der Waals surface area contributed by atoms with Crippen molar-refractivity contribution in [1.29, 1.82) is 0 Å². The minimum absolute atomic E-state index is 0.0175. The van der Waals surface area contributed by atoms with Crippen molar-refractivity contribution in [3.05, 3.63) is 41.6 Å². The lowest BCUT2D eigenvalue weighted by Gasteiger charge is -2.35. The summed E-state index contributed by atoms with van der Waals surface area (Å²) < 4.78 is 38.0. The Balaban J connectivity index is 1.24. The summed E-state index contributed by atoms with van der Waals surface area (Å²) in [6.45, 7) is 4.84. The number of amides is 1. The first kappa shape index (κ1) is 28.8. The van der Waals surface area contributed by atoms with Gasteiger partial charge in [0.05, 0.1) is 24.3 Å². The number of methoxy groups -OCH3 is 1. The van der Waals surface area contributed by atoms with Gasteiger partial charge in [-0.05, 0) is 88.5 Å². The van der Waals surface area contributed by atoms with Crippen molar-refractivity contribution in [3.63, 3.8) is 0 Å². The van der Waals surface area contributed by atoms with Crippen LogP contribution in [0.5, 0.6) is 5.88 Å². The van der Waals surface area contributed by atoms with Gasteiger partial charge in [-0.1, -0.05) is 6.92 Å². The molecular weight excluding hydrogens is 590 g/mol. The maximum absolute atomic E-state index is 13.8. The van der Waals surface area contributed by atoms with Crippen LogP contribution in [0.4, 0.5) is 5.82 Å². The molecule has 2 N–H and O–H groups in total. The van der Waals surface area contributed by atoms with Crippen LogP contribution in [0.1, 0.15) is 74.3 Å². The number of pyridine rings is 2. The SMILES string of the molecule is CC[C@H]1CCCS(=O)(=O)N1c1ccc2cc(-c3nc4cc(C(=O)N5[C@H]6CC[C@@H]5[C@H](N)C6)cc(OC)n4c3C)n(CC3CC3)c2n1. The molecule has 4 fully saturated rings. The molecule has 45 heavy (non-hydrogen) atoms. The molecule has 0 unspecified atom stereocenters. The largest absolute Gasteiger partial charge is 0.482 e. The predicted molar refractivity (Wildman–Crippen MR) is 173 cm³/mol. The van der Waals surface area contributed by atoms with E-state index in [0.717, 1.165) is 79.6 Å². The fourth-order valence-corrected chi connectivity index (χ4v) is 9.94. The molecule has 1 aliphatic carbocycles. The molecule has 238 valence electrons. The van der Waals surface area contributed by atoms with Crippen molar-refractivity contribution in [2.45, 2.75) is 95.9 Å². The van der Waals surface area contributed by atoms with Gasteiger partial charge in [0.1, 0.15) is 22.8 Å². The fraction of sp³-hybridized carbons (Fsp3) is 0.545. The van der Waals surface area contributed by atoms with Crippen LogP contribution in [-0.4, -0.2) is 75.2 Å². The zero-order chi connectivity index (χ0) is 31.2. The Morgan fingerprint density at radius 1 is 1.09 bits per heavy atom. The Morgan fingerprint density at radius 3 is 2.60 bits per heavy atom. The van der Waals surface area contributed by atoms with Crippen molar-refractivity contribution in [2.75, 3.05) is 17.2 Å². The van der Waals surface area contributed by atoms with Crippen molar-refractivity contribution in [1.82, 2.24) is 23.8 Å². The van der Waals surface area contributed by atoms with Crippen LogP contribution in [0.3, 0.4) is 0 Å². The average Bonchev–Trinajstić information content (AvgIpc) is 3.34. The topological polar surface area (TPSA) is 128 Å². The molecule has 0 aromatic carbocycles. The number of nitrogens with zero attached hydrogens (tertiary/aromatic N) is 6. The van der Waals surface area contributed by atoms with Gasteiger partial charge in [-0.3, -0.25) is 13.5 Å². The van der Waals surface area contributed by atoms with E-state index in [1.807, 2.05) is 47.4 Å². The lowest BCUT2D eigenvalue weighted by molar-refractivity contribution is 0.0726. The third-order valence-corrected chi connectivity index (χ3v) is 12.5. The van der Waals surface area contributed by atoms with Crippen molar-refractivity contribution < 1.29 is 17.9 Å². The van der Waals surface area contributed by atoms with E-state index in [1.54, 1.807) is 11.4 Å². The van der Waals surface area contributed by atoms with Crippen LogP contribution in [0, 0.1) is 12.8 Å². The molecule has 12 heteroatoms. The van der Waals surface area contributed by atoms with Crippen LogP contribution >= 0.6 is 0 Å². The molecule has 4 atom stereocenters. The molecule has 0 spiro atoms. The van der Waals surface area contributed by atoms with Crippen LogP contribution in [0.2, 0.25) is 0 Å². The molecule has 0 radical (unpaired) electrons. The van der Waals surface area contributed by atoms with Crippen molar-refractivity contribution in [2.24, 2.45) is 11.7 Å². The van der Waals surface area contributed by atoms with E-state index in [9.17, 15) is 13.2 Å². The van der Waals surface area contributed by atoms with Gasteiger partial charge in [0, 0.05) is 47.7 Å². The second-order valence-corrected chi connectivity index (χ2v) is 15.4. The van der Waals surface area contributed by atoms with Gasteiger partial charge in [0.25, 0.3) is 5.91 Å². The molecule has 7 heterocycles. The Kier molecular flexibility index (Phi) is 6.69. The molecule has 8 rings (SSSR count). The van der Waals surface area contributed by atoms with Crippen LogP contribution in [0.15, 0.2) is 30.3 Å². The van der Waals surface area contributed by atoms with Gasteiger partial charge in [-0.2, -0.15) is 0 Å². The quantitative estimate of drug-likeness (QED) is 0.318. The summed E-state index contributed by atoms with van der Waals surface area (Å²) in [7, 11) is -1.82. The first-order chi connectivity index (χ1) is 21.7. The lowest BCUT2D eigenvalue weighted by atomic mass is 9.97. The van der Waals surface area contributed by atoms with Gasteiger partial charge in [-0.15, -0.1) is 0 Å². The van der Waals surface area contributed by atoms with E-state index >= 15 is 0 Å². The highest BCUT2D eigenvalue weighted by Gasteiger charge is 2.47. The number of aromatic nitrogens is 4. The van der Waals surface area contributed by atoms with Gasteiger partial charge in [0.15, 0.2) is 5.88 Å². The summed E-state index contributed by atoms with van der Waals surface area (Å²) in [4.78, 5) is 25.9. The first-order valence-corrected chi connectivity index (χ1v) is 18.0. The normalized spacial score (nSPS) is 26.0. The zero-order valence-corrected chi connectivity index (χ0v) is 27.0. The summed E-state index contributed by atoms with van der Waals surface area (Å²) in [6.07, 6.45) is 7.37. The molecule has 1 amide bonds. The number of aryl methyl sites for hydroxylation is 1. The number of rotatable bonds is 7. The van der Waals surface area contributed by atoms with Crippen LogP contribution < -0.4 is 14.8 Å². The van der Waals surface area contributed by atoms with Gasteiger partial charge >= 0.3 is 0 Å². The van der Waals surface area contributed by atoms with Crippen LogP contribution in [-0.2, 0) is 16.6 Å². The number of carbonyl (C=O) groups excluding carboxylic acids is 1. The third kappa shape index (κ3) is 4.54. The number of hydrogen-bond acceptors (Lipinski definition) is 7. The number of ether oxygens (including phenoxy) is 1. The molecule has 1 saturated carbocycles. The molecule has 3 aliphatic heterocycles. The number of hydrogen-bond donors (Lipinski definition) is 1. The molecule has 4 aromatic heterocycles. The number of anilines is 1. The third-order valence-electron chi connectivity index (χ3n) is 10.6. The van der Waals surface area contributed by atoms with Crippen molar-refractivity contribution in [3.8, 4) is 17.3 Å². The summed E-state index contributed by atoms with van der Waals surface area (Å²) in [6, 6.07) is 9.83. The molecule has 4 aliphatic rings. The van der Waals surface area contributed by atoms with E-state index in [-0.39, 0.29) is 35.8 Å². The van der Waals surface area contributed by atoms with Crippen LogP contribution in [0.25, 0.3) is 28.1 Å². The minimum Gasteiger partial charge on any atom is -0.482 e. The highest BCUT2D eigenvalue weighted by atomic mass is 32.2. The summed E-state index contributed by atoms with van der Waals surface area (Å²) in [5.74, 6) is 1.72. The number of imidazole rings is 1. The molecule has 4 aromatic rings. The second kappa shape index (κ2) is 10.4. The van der Waals surface area contributed by atoms with Gasteiger partial charge < -0.3 is 19.9 Å². The van der Waals surface area contributed by atoms with E-state index < -0.39 is 10.0 Å². The predicted octanol–water partition coefficient (Wildman–Crippen LogP) is 4.49. The number of nitrogens with two attached hydrogens (primary N) is 1. The first-order valence-electron chi connectivity index (χ1n) is 16.4. The summed E-state index contributed by atoms with van der Waals surface area (Å²) in [5, 5.41) is 0.942. The fourth-order valence-electron chi connectivity index (χ4n) is 8.12. The van der Waals surface area contributed by atoms with E-state index in [1.165, 1.54) is 0 Å². The summed E-state index contributed by atoms with van der Waals surface area (Å²) >= 11 is 0. The van der Waals surface area contributed by atoms with E-state index in [0.29, 0.717) is 35.2 Å². The lowest BCUT2D eigenvalue weighted by Crippen LogP contribution is -2.45. The smallest absolute Gasteiger partial charge is 0.254 e. The van der Waals surface area contributed by atoms with Gasteiger partial charge in [0.2, 0.25) is 10.0 Å². The number of fused-ring (bicyclic) bond motifs is 4.